The lowest BCUT2D eigenvalue weighted by Gasteiger charge is -2.34. The fraction of sp³-hybridized carbons (Fsp3) is 0.240. The van der Waals surface area contributed by atoms with Crippen LogP contribution in [-0.2, 0) is 6.54 Å². The van der Waals surface area contributed by atoms with Crippen LogP contribution in [0.3, 0.4) is 0 Å². The fourth-order valence-electron chi connectivity index (χ4n) is 4.28. The summed E-state index contributed by atoms with van der Waals surface area (Å²) < 4.78 is 14.1. The summed E-state index contributed by atoms with van der Waals surface area (Å²) in [5.74, 6) is -1.07. The molecule has 5 rings (SSSR count). The highest BCUT2D eigenvalue weighted by Gasteiger charge is 2.34. The molecule has 0 radical (unpaired) electrons. The first-order valence-corrected chi connectivity index (χ1v) is 11.6. The van der Waals surface area contributed by atoms with Crippen LogP contribution in [0.1, 0.15) is 36.0 Å². The molecule has 6 nitrogen and oxygen atoms in total. The van der Waals surface area contributed by atoms with E-state index in [1.54, 1.807) is 40.5 Å². The van der Waals surface area contributed by atoms with Crippen LogP contribution in [0.5, 0.6) is 0 Å². The molecule has 0 N–H and O–H groups in total. The first kappa shape index (κ1) is 21.5. The summed E-state index contributed by atoms with van der Waals surface area (Å²) >= 11 is 1.58. The van der Waals surface area contributed by atoms with Crippen molar-refractivity contribution in [2.75, 3.05) is 33.2 Å². The first-order valence-electron chi connectivity index (χ1n) is 10.7. The molecule has 0 unspecified atom stereocenters. The second-order valence-electron chi connectivity index (χ2n) is 8.24. The molecule has 2 aromatic carbocycles. The molecular weight excluding hydrogens is 441 g/mol. The van der Waals surface area contributed by atoms with Crippen molar-refractivity contribution in [1.82, 2.24) is 14.7 Å². The van der Waals surface area contributed by atoms with Crippen LogP contribution >= 0.6 is 11.3 Å². The number of imide groups is 1. The Hall–Kier alpha value is -3.36. The maximum Gasteiger partial charge on any atom is 0.261 e. The number of thiophene rings is 1. The van der Waals surface area contributed by atoms with Crippen LogP contribution in [-0.4, -0.2) is 65.6 Å². The standard InChI is InChI=1S/C25H22FN3O3S/c1-27-24(31)18-8-6-16(14-20(18)25(27)32)23(30)29-12-10-28(11-13-29)15-17-7-9-22(33-17)19-4-2-3-5-21(19)26/h2-9,14H,10-13,15H2,1H3. The van der Waals surface area contributed by atoms with Gasteiger partial charge in [0.05, 0.1) is 11.1 Å². The van der Waals surface area contributed by atoms with Gasteiger partial charge in [-0.15, -0.1) is 11.3 Å². The Balaban J connectivity index is 1.21. The minimum atomic E-state index is -0.375. The molecule has 0 spiro atoms. The van der Waals surface area contributed by atoms with Crippen LogP contribution in [0, 0.1) is 5.82 Å². The lowest BCUT2D eigenvalue weighted by Crippen LogP contribution is -2.48. The zero-order valence-electron chi connectivity index (χ0n) is 18.1. The van der Waals surface area contributed by atoms with E-state index in [1.165, 1.54) is 19.2 Å². The van der Waals surface area contributed by atoms with Gasteiger partial charge in [0.1, 0.15) is 5.82 Å². The molecule has 0 atom stereocenters. The van der Waals surface area contributed by atoms with Crippen LogP contribution in [0.2, 0.25) is 0 Å². The van der Waals surface area contributed by atoms with Gasteiger partial charge in [-0.1, -0.05) is 18.2 Å². The van der Waals surface area contributed by atoms with Gasteiger partial charge in [-0.3, -0.25) is 24.2 Å². The number of hydrogen-bond donors (Lipinski definition) is 0. The molecule has 1 saturated heterocycles. The van der Waals surface area contributed by atoms with E-state index < -0.39 is 0 Å². The smallest absolute Gasteiger partial charge is 0.261 e. The van der Waals surface area contributed by atoms with Crippen molar-refractivity contribution in [2.24, 2.45) is 0 Å². The van der Waals surface area contributed by atoms with Gasteiger partial charge in [0.2, 0.25) is 0 Å². The van der Waals surface area contributed by atoms with E-state index in [-0.39, 0.29) is 29.1 Å². The van der Waals surface area contributed by atoms with Crippen LogP contribution in [0.15, 0.2) is 54.6 Å². The average Bonchev–Trinajstić information content (AvgIpc) is 3.38. The molecule has 0 bridgehead atoms. The number of hydrogen-bond acceptors (Lipinski definition) is 5. The number of fused-ring (bicyclic) bond motifs is 1. The third-order valence-electron chi connectivity index (χ3n) is 6.18. The summed E-state index contributed by atoms with van der Waals surface area (Å²) in [7, 11) is 1.44. The number of carbonyl (C=O) groups excluding carboxylic acids is 3. The number of carbonyl (C=O) groups is 3. The van der Waals surface area contributed by atoms with Crippen molar-refractivity contribution in [3.8, 4) is 10.4 Å². The summed E-state index contributed by atoms with van der Waals surface area (Å²) in [5.41, 5.74) is 1.67. The summed E-state index contributed by atoms with van der Waals surface area (Å²) in [6.07, 6.45) is 0. The Labute approximate surface area is 194 Å². The number of amides is 3. The van der Waals surface area contributed by atoms with Gasteiger partial charge in [0, 0.05) is 60.7 Å². The number of rotatable bonds is 4. The highest BCUT2D eigenvalue weighted by atomic mass is 32.1. The monoisotopic (exact) mass is 463 g/mol. The zero-order chi connectivity index (χ0) is 23.1. The number of halogens is 1. The predicted molar refractivity (Wildman–Crippen MR) is 124 cm³/mol. The van der Waals surface area contributed by atoms with Crippen molar-refractivity contribution in [3.05, 3.63) is 82.0 Å². The van der Waals surface area contributed by atoms with E-state index in [0.29, 0.717) is 29.8 Å². The summed E-state index contributed by atoms with van der Waals surface area (Å²) in [5, 5.41) is 0. The fourth-order valence-corrected chi connectivity index (χ4v) is 5.35. The molecule has 3 amide bonds. The van der Waals surface area contributed by atoms with Crippen LogP contribution in [0.4, 0.5) is 4.39 Å². The zero-order valence-corrected chi connectivity index (χ0v) is 18.9. The molecule has 168 valence electrons. The lowest BCUT2D eigenvalue weighted by atomic mass is 10.0. The van der Waals surface area contributed by atoms with Gasteiger partial charge in [0.15, 0.2) is 0 Å². The molecule has 8 heteroatoms. The van der Waals surface area contributed by atoms with Gasteiger partial charge in [0.25, 0.3) is 17.7 Å². The third-order valence-corrected chi connectivity index (χ3v) is 7.28. The first-order chi connectivity index (χ1) is 15.9. The topological polar surface area (TPSA) is 60.9 Å². The average molecular weight is 464 g/mol. The highest BCUT2D eigenvalue weighted by molar-refractivity contribution is 7.15. The molecule has 0 aliphatic carbocycles. The molecular formula is C25H22FN3O3S. The van der Waals surface area contributed by atoms with Gasteiger partial charge in [-0.05, 0) is 36.4 Å². The van der Waals surface area contributed by atoms with Crippen LogP contribution in [0.25, 0.3) is 10.4 Å². The Kier molecular flexibility index (Phi) is 5.55. The Morgan fingerprint density at radius 1 is 0.909 bits per heavy atom. The van der Waals surface area contributed by atoms with Gasteiger partial charge in [-0.2, -0.15) is 0 Å². The predicted octanol–water partition coefficient (Wildman–Crippen LogP) is 3.74. The Bertz CT molecular complexity index is 1260. The molecule has 3 heterocycles. The summed E-state index contributed by atoms with van der Waals surface area (Å²) in [6, 6.07) is 15.5. The number of benzene rings is 2. The largest absolute Gasteiger partial charge is 0.336 e. The van der Waals surface area contributed by atoms with E-state index in [1.807, 2.05) is 18.2 Å². The van der Waals surface area contributed by atoms with E-state index >= 15 is 0 Å². The highest BCUT2D eigenvalue weighted by Crippen LogP contribution is 2.31. The maximum atomic E-state index is 14.1. The van der Waals surface area contributed by atoms with E-state index in [9.17, 15) is 18.8 Å². The van der Waals surface area contributed by atoms with E-state index in [2.05, 4.69) is 4.90 Å². The Morgan fingerprint density at radius 2 is 1.64 bits per heavy atom. The SMILES string of the molecule is CN1C(=O)c2ccc(C(=O)N3CCN(Cc4ccc(-c5ccccc5F)s4)CC3)cc2C1=O. The van der Waals surface area contributed by atoms with E-state index in [0.717, 1.165) is 34.3 Å². The molecule has 2 aliphatic heterocycles. The Morgan fingerprint density at radius 3 is 2.39 bits per heavy atom. The van der Waals surface area contributed by atoms with Crippen molar-refractivity contribution in [2.45, 2.75) is 6.54 Å². The van der Waals surface area contributed by atoms with E-state index in [4.69, 9.17) is 0 Å². The minimum absolute atomic E-state index is 0.134. The van der Waals surface area contributed by atoms with Gasteiger partial charge < -0.3 is 4.90 Å². The molecule has 2 aliphatic rings. The van der Waals surface area contributed by atoms with Gasteiger partial charge >= 0.3 is 0 Å². The van der Waals surface area contributed by atoms with Crippen LogP contribution < -0.4 is 0 Å². The van der Waals surface area contributed by atoms with Crippen molar-refractivity contribution < 1.29 is 18.8 Å². The summed E-state index contributed by atoms with van der Waals surface area (Å²) in [6.45, 7) is 3.36. The minimum Gasteiger partial charge on any atom is -0.336 e. The molecule has 3 aromatic rings. The quantitative estimate of drug-likeness (QED) is 0.553. The number of nitrogens with zero attached hydrogens (tertiary/aromatic N) is 3. The van der Waals surface area contributed by atoms with Gasteiger partial charge in [-0.25, -0.2) is 4.39 Å². The van der Waals surface area contributed by atoms with Crippen molar-refractivity contribution in [1.29, 1.82) is 0 Å². The summed E-state index contributed by atoms with van der Waals surface area (Å²) in [4.78, 5) is 44.5. The molecule has 1 aromatic heterocycles. The normalized spacial score (nSPS) is 16.4. The second kappa shape index (κ2) is 8.53. The molecule has 1 fully saturated rings. The second-order valence-corrected chi connectivity index (χ2v) is 9.41. The maximum absolute atomic E-state index is 14.1. The molecule has 0 saturated carbocycles. The third kappa shape index (κ3) is 3.96. The number of piperazine rings is 1. The molecule has 33 heavy (non-hydrogen) atoms. The lowest BCUT2D eigenvalue weighted by molar-refractivity contribution is 0.0629. The van der Waals surface area contributed by atoms with Crippen molar-refractivity contribution >= 4 is 29.1 Å². The van der Waals surface area contributed by atoms with Crippen molar-refractivity contribution in [3.63, 3.8) is 0 Å².